The molecule has 2 aromatic rings. The molecule has 27 heavy (non-hydrogen) atoms. The van der Waals surface area contributed by atoms with Crippen molar-refractivity contribution in [2.75, 3.05) is 12.1 Å². The highest BCUT2D eigenvalue weighted by atomic mass is 31.1. The molecule has 1 aliphatic carbocycles. The summed E-state index contributed by atoms with van der Waals surface area (Å²) in [5.41, 5.74) is 6.95. The zero-order chi connectivity index (χ0) is 19.6. The highest BCUT2D eigenvalue weighted by molar-refractivity contribution is 7.42. The number of anilines is 1. The lowest BCUT2D eigenvalue weighted by molar-refractivity contribution is -0.148. The molecule has 1 fully saturated rings. The number of nitrogens with zero attached hydrogens (tertiary/aromatic N) is 4. The van der Waals surface area contributed by atoms with Crippen LogP contribution in [0.15, 0.2) is 12.5 Å². The number of ether oxygens (including phenoxy) is 2. The molecule has 3 N–H and O–H groups in total. The Morgan fingerprint density at radius 2 is 2.15 bits per heavy atom. The van der Waals surface area contributed by atoms with Crippen molar-refractivity contribution in [3.8, 4) is 0 Å². The van der Waals surface area contributed by atoms with Gasteiger partial charge in [0, 0.05) is 12.0 Å². The predicted molar refractivity (Wildman–Crippen MR) is 98.2 cm³/mol. The quantitative estimate of drug-likeness (QED) is 0.477. The zero-order valence-corrected chi connectivity index (χ0v) is 16.5. The van der Waals surface area contributed by atoms with Crippen LogP contribution < -0.4 is 10.8 Å². The molecular formula is C16H24N6O4P+. The Morgan fingerprint density at radius 3 is 2.81 bits per heavy atom. The lowest BCUT2D eigenvalue weighted by atomic mass is 10.1. The summed E-state index contributed by atoms with van der Waals surface area (Å²) in [4.78, 5) is 19.9. The van der Waals surface area contributed by atoms with Crippen LogP contribution in [0.3, 0.4) is 0 Å². The highest BCUT2D eigenvalue weighted by Crippen LogP contribution is 2.44. The number of nitrogens with two attached hydrogens (primary N) is 1. The fourth-order valence-corrected chi connectivity index (χ4v) is 3.70. The number of nitrogens with one attached hydrogen (secondary N) is 1. The van der Waals surface area contributed by atoms with Crippen molar-refractivity contribution in [1.29, 1.82) is 0 Å². The third-order valence-electron chi connectivity index (χ3n) is 4.26. The van der Waals surface area contributed by atoms with Gasteiger partial charge in [0.2, 0.25) is 5.95 Å². The van der Waals surface area contributed by atoms with Gasteiger partial charge in [-0.15, -0.1) is 0 Å². The second-order valence-corrected chi connectivity index (χ2v) is 8.26. The Morgan fingerprint density at radius 1 is 1.41 bits per heavy atom. The molecule has 0 saturated heterocycles. The second kappa shape index (κ2) is 7.84. The molecule has 0 radical (unpaired) electrons. The average Bonchev–Trinajstić information content (AvgIpc) is 3.25. The van der Waals surface area contributed by atoms with Crippen LogP contribution in [0.4, 0.5) is 5.95 Å². The Hall–Kier alpha value is -2.16. The Kier molecular flexibility index (Phi) is 5.69. The van der Waals surface area contributed by atoms with Crippen molar-refractivity contribution in [3.05, 3.63) is 18.1 Å². The number of hydrogen-bond acceptors (Lipinski definition) is 8. The van der Waals surface area contributed by atoms with Crippen molar-refractivity contribution in [1.82, 2.24) is 24.7 Å². The number of esters is 1. The van der Waals surface area contributed by atoms with Crippen molar-refractivity contribution in [3.63, 3.8) is 0 Å². The van der Waals surface area contributed by atoms with E-state index >= 15 is 0 Å². The number of aromatic nitrogens is 4. The van der Waals surface area contributed by atoms with Crippen molar-refractivity contribution >= 4 is 25.5 Å². The molecule has 2 aromatic heterocycles. The monoisotopic (exact) mass is 395 g/mol. The van der Waals surface area contributed by atoms with Gasteiger partial charge in [-0.2, -0.15) is 9.61 Å². The van der Waals surface area contributed by atoms with Gasteiger partial charge in [0.1, 0.15) is 12.4 Å². The smallest absolute Gasteiger partial charge is 0.461 e. The van der Waals surface area contributed by atoms with Gasteiger partial charge in [-0.25, -0.2) is 9.97 Å². The lowest BCUT2D eigenvalue weighted by Crippen LogP contribution is -2.33. The molecule has 10 nitrogen and oxygen atoms in total. The maximum Gasteiger partial charge on any atom is 0.461 e. The first-order valence-electron chi connectivity index (χ1n) is 8.78. The van der Waals surface area contributed by atoms with E-state index < -0.39 is 20.0 Å². The van der Waals surface area contributed by atoms with E-state index in [4.69, 9.17) is 15.2 Å². The second-order valence-electron chi connectivity index (χ2n) is 6.99. The summed E-state index contributed by atoms with van der Waals surface area (Å²) >= 11 is 0. The molecule has 0 spiro atoms. The molecule has 1 saturated carbocycles. The van der Waals surface area contributed by atoms with Crippen LogP contribution in [-0.2, 0) is 25.3 Å². The molecule has 1 unspecified atom stereocenters. The standard InChI is InChI=1S/C16H24N6O4P/c1-10(2)26-14(23)11(3)21-27(24)9-25-16(4-5-16)6-12-7-20-22-13(12)18-8-19-15(22)17/h7-8,10-11H,4-6,9H2,1-3H3,(H,21,24)(H2,17,18,19)/q+1/t11-/m0/s1. The molecule has 2 heterocycles. The van der Waals surface area contributed by atoms with E-state index in [2.05, 4.69) is 20.2 Å². The Balaban J connectivity index is 1.54. The molecule has 0 bridgehead atoms. The summed E-state index contributed by atoms with van der Waals surface area (Å²) < 4.78 is 24.7. The van der Waals surface area contributed by atoms with Gasteiger partial charge in [0.25, 0.3) is 6.35 Å². The van der Waals surface area contributed by atoms with Crippen molar-refractivity contribution in [2.24, 2.45) is 0 Å². The third-order valence-corrected chi connectivity index (χ3v) is 5.29. The molecule has 11 heteroatoms. The molecule has 1 aliphatic rings. The zero-order valence-electron chi connectivity index (χ0n) is 15.6. The fraction of sp³-hybridized carbons (Fsp3) is 0.625. The number of nitrogen functional groups attached to an aromatic ring is 1. The van der Waals surface area contributed by atoms with Gasteiger partial charge in [-0.05, 0) is 38.2 Å². The normalized spacial score (nSPS) is 17.1. The molecule has 0 amide bonds. The molecule has 0 aromatic carbocycles. The van der Waals surface area contributed by atoms with E-state index in [9.17, 15) is 9.36 Å². The maximum absolute atomic E-state index is 12.2. The number of fused-ring (bicyclic) bond motifs is 1. The largest absolute Gasteiger partial charge is 0.462 e. The van der Waals surface area contributed by atoms with E-state index in [-0.39, 0.29) is 24.0 Å². The van der Waals surface area contributed by atoms with Crippen LogP contribution in [0.1, 0.15) is 39.2 Å². The molecular weight excluding hydrogens is 371 g/mol. The first-order valence-corrected chi connectivity index (χ1v) is 10.2. The van der Waals surface area contributed by atoms with E-state index in [1.807, 2.05) is 0 Å². The van der Waals surface area contributed by atoms with Crippen LogP contribution in [-0.4, -0.2) is 49.6 Å². The van der Waals surface area contributed by atoms with Crippen molar-refractivity contribution in [2.45, 2.75) is 57.8 Å². The van der Waals surface area contributed by atoms with Crippen molar-refractivity contribution < 1.29 is 18.8 Å². The summed E-state index contributed by atoms with van der Waals surface area (Å²) in [6, 6.07) is -0.658. The minimum absolute atomic E-state index is 0.0188. The molecule has 146 valence electrons. The van der Waals surface area contributed by atoms with Crippen LogP contribution in [0.5, 0.6) is 0 Å². The topological polar surface area (TPSA) is 134 Å². The summed E-state index contributed by atoms with van der Waals surface area (Å²) in [7, 11) is -1.89. The summed E-state index contributed by atoms with van der Waals surface area (Å²) in [6.07, 6.45) is 5.22. The number of carbonyl (C=O) groups is 1. The van der Waals surface area contributed by atoms with E-state index in [0.29, 0.717) is 12.1 Å². The maximum atomic E-state index is 12.2. The highest BCUT2D eigenvalue weighted by Gasteiger charge is 2.46. The van der Waals surface area contributed by atoms with Gasteiger partial charge >= 0.3 is 13.9 Å². The molecule has 0 aliphatic heterocycles. The van der Waals surface area contributed by atoms with Gasteiger partial charge in [-0.1, -0.05) is 5.09 Å². The van der Waals surface area contributed by atoms with Crippen LogP contribution >= 0.6 is 7.95 Å². The van der Waals surface area contributed by atoms with Gasteiger partial charge < -0.3 is 15.2 Å². The number of carbonyl (C=O) groups excluding carboxylic acids is 1. The summed E-state index contributed by atoms with van der Waals surface area (Å²) in [5.74, 6) is -0.162. The first-order chi connectivity index (χ1) is 12.8. The number of hydrogen-bond donors (Lipinski definition) is 2. The van der Waals surface area contributed by atoms with Gasteiger partial charge in [0.15, 0.2) is 5.65 Å². The number of rotatable bonds is 9. The van der Waals surface area contributed by atoms with E-state index in [1.54, 1.807) is 27.0 Å². The Bertz CT molecular complexity index is 851. The molecule has 2 atom stereocenters. The van der Waals surface area contributed by atoms with Gasteiger partial charge in [-0.3, -0.25) is 4.79 Å². The SMILES string of the molecule is CC(C)OC(=O)[C@H](C)N[P+](=O)COC1(Cc2cnn3c(N)ncnc23)CC1. The van der Waals surface area contributed by atoms with Crippen LogP contribution in [0.25, 0.3) is 5.65 Å². The van der Waals surface area contributed by atoms with Crippen LogP contribution in [0.2, 0.25) is 0 Å². The first kappa shape index (κ1) is 19.6. The predicted octanol–water partition coefficient (Wildman–Crippen LogP) is 1.43. The fourth-order valence-electron chi connectivity index (χ4n) is 2.70. The third kappa shape index (κ3) is 4.77. The summed E-state index contributed by atoms with van der Waals surface area (Å²) in [6.45, 7) is 5.15. The Labute approximate surface area is 157 Å². The lowest BCUT2D eigenvalue weighted by Gasteiger charge is -2.13. The van der Waals surface area contributed by atoms with E-state index in [0.717, 1.165) is 18.4 Å². The minimum atomic E-state index is -1.89. The summed E-state index contributed by atoms with van der Waals surface area (Å²) in [5, 5.41) is 6.93. The van der Waals surface area contributed by atoms with Gasteiger partial charge in [0.05, 0.1) is 17.9 Å². The average molecular weight is 395 g/mol. The molecule has 3 rings (SSSR count). The van der Waals surface area contributed by atoms with E-state index in [1.165, 1.54) is 10.8 Å². The van der Waals surface area contributed by atoms with Crippen LogP contribution in [0, 0.1) is 0 Å². The minimum Gasteiger partial charge on any atom is -0.462 e.